The smallest absolute Gasteiger partial charge is 0.0820 e. The Labute approximate surface area is 128 Å². The highest BCUT2D eigenvalue weighted by Gasteiger charge is 2.26. The quantitative estimate of drug-likeness (QED) is 0.809. The maximum absolute atomic E-state index is 6.42. The van der Waals surface area contributed by atoms with Crippen LogP contribution in [0.4, 0.5) is 0 Å². The summed E-state index contributed by atoms with van der Waals surface area (Å²) in [5.41, 5.74) is 1.26. The summed E-state index contributed by atoms with van der Waals surface area (Å²) in [5.74, 6) is 0.546. The second-order valence-corrected chi connectivity index (χ2v) is 6.69. The Balaban J connectivity index is 2.15. The largest absolute Gasteiger partial charge is 0.314 e. The molecular formula is C16H28ClN3. The van der Waals surface area contributed by atoms with Crippen LogP contribution in [-0.2, 0) is 0 Å². The molecule has 114 valence electrons. The van der Waals surface area contributed by atoms with Crippen molar-refractivity contribution in [2.24, 2.45) is 0 Å². The van der Waals surface area contributed by atoms with Crippen molar-refractivity contribution in [3.8, 4) is 0 Å². The average Bonchev–Trinajstić information content (AvgIpc) is 2.67. The molecule has 0 bridgehead atoms. The Bertz CT molecular complexity index is 414. The minimum Gasteiger partial charge on any atom is -0.314 e. The molecule has 1 aliphatic rings. The van der Waals surface area contributed by atoms with Gasteiger partial charge in [-0.15, -0.1) is 0 Å². The van der Waals surface area contributed by atoms with Gasteiger partial charge in [-0.25, -0.2) is 0 Å². The molecule has 1 aromatic heterocycles. The van der Waals surface area contributed by atoms with Crippen LogP contribution in [0.15, 0.2) is 6.20 Å². The summed E-state index contributed by atoms with van der Waals surface area (Å²) in [6.07, 6.45) is 9.37. The molecule has 2 rings (SSSR count). The summed E-state index contributed by atoms with van der Waals surface area (Å²) in [6, 6.07) is 1.01. The zero-order chi connectivity index (χ0) is 14.5. The molecule has 1 saturated carbocycles. The maximum atomic E-state index is 6.42. The van der Waals surface area contributed by atoms with Crippen LogP contribution < -0.4 is 5.32 Å². The third-order valence-electron chi connectivity index (χ3n) is 4.27. The van der Waals surface area contributed by atoms with Gasteiger partial charge < -0.3 is 5.32 Å². The van der Waals surface area contributed by atoms with Crippen LogP contribution >= 0.6 is 11.6 Å². The van der Waals surface area contributed by atoms with Gasteiger partial charge >= 0.3 is 0 Å². The molecular weight excluding hydrogens is 270 g/mol. The van der Waals surface area contributed by atoms with E-state index in [2.05, 4.69) is 35.9 Å². The molecule has 1 heterocycles. The molecule has 1 fully saturated rings. The molecule has 1 N–H and O–H groups in total. The van der Waals surface area contributed by atoms with Crippen molar-refractivity contribution >= 4 is 11.6 Å². The first kappa shape index (κ1) is 15.8. The minimum absolute atomic E-state index is 0.378. The van der Waals surface area contributed by atoms with Crippen LogP contribution in [0.25, 0.3) is 0 Å². The van der Waals surface area contributed by atoms with Crippen LogP contribution in [0.5, 0.6) is 0 Å². The van der Waals surface area contributed by atoms with Crippen LogP contribution in [0.1, 0.15) is 76.9 Å². The number of nitrogens with one attached hydrogen (secondary N) is 1. The Hall–Kier alpha value is -0.540. The minimum atomic E-state index is 0.378. The first-order valence-corrected chi connectivity index (χ1v) is 8.47. The third kappa shape index (κ3) is 3.76. The van der Waals surface area contributed by atoms with E-state index in [1.54, 1.807) is 0 Å². The summed E-state index contributed by atoms with van der Waals surface area (Å²) in [6.45, 7) is 7.70. The predicted octanol–water partition coefficient (Wildman–Crippen LogP) is 4.53. The van der Waals surface area contributed by atoms with Gasteiger partial charge in [0.2, 0.25) is 0 Å². The zero-order valence-corrected chi connectivity index (χ0v) is 13.8. The molecule has 0 saturated heterocycles. The Morgan fingerprint density at radius 3 is 2.85 bits per heavy atom. The second-order valence-electron chi connectivity index (χ2n) is 6.28. The summed E-state index contributed by atoms with van der Waals surface area (Å²) < 4.78 is 2.12. The van der Waals surface area contributed by atoms with Crippen molar-refractivity contribution in [3.63, 3.8) is 0 Å². The van der Waals surface area contributed by atoms with E-state index in [-0.39, 0.29) is 0 Å². The highest BCUT2D eigenvalue weighted by atomic mass is 35.5. The van der Waals surface area contributed by atoms with E-state index in [0.29, 0.717) is 18.0 Å². The highest BCUT2D eigenvalue weighted by Crippen LogP contribution is 2.36. The average molecular weight is 298 g/mol. The molecule has 1 aliphatic carbocycles. The number of rotatable bonds is 5. The number of aromatic nitrogens is 2. The molecule has 2 atom stereocenters. The van der Waals surface area contributed by atoms with Crippen molar-refractivity contribution in [2.45, 2.75) is 77.3 Å². The van der Waals surface area contributed by atoms with E-state index < -0.39 is 0 Å². The topological polar surface area (TPSA) is 29.9 Å². The normalized spacial score (nSPS) is 24.1. The van der Waals surface area contributed by atoms with Crippen molar-refractivity contribution in [1.82, 2.24) is 15.1 Å². The van der Waals surface area contributed by atoms with Gasteiger partial charge in [0.15, 0.2) is 0 Å². The number of halogens is 1. The fourth-order valence-electron chi connectivity index (χ4n) is 3.29. The van der Waals surface area contributed by atoms with E-state index in [1.165, 1.54) is 44.2 Å². The summed E-state index contributed by atoms with van der Waals surface area (Å²) in [4.78, 5) is 0. The van der Waals surface area contributed by atoms with Crippen molar-refractivity contribution in [2.75, 3.05) is 6.54 Å². The highest BCUT2D eigenvalue weighted by molar-refractivity contribution is 6.31. The van der Waals surface area contributed by atoms with Gasteiger partial charge in [0.25, 0.3) is 0 Å². The first-order chi connectivity index (χ1) is 9.63. The molecule has 1 aromatic rings. The molecule has 2 unspecified atom stereocenters. The zero-order valence-electron chi connectivity index (χ0n) is 13.0. The lowest BCUT2D eigenvalue weighted by Gasteiger charge is -2.23. The number of hydrogen-bond donors (Lipinski definition) is 1. The molecule has 0 aliphatic heterocycles. The Kier molecular flexibility index (Phi) is 5.91. The molecule has 4 heteroatoms. The van der Waals surface area contributed by atoms with E-state index in [0.717, 1.165) is 11.6 Å². The van der Waals surface area contributed by atoms with Gasteiger partial charge in [0.05, 0.1) is 16.9 Å². The van der Waals surface area contributed by atoms with Gasteiger partial charge in [-0.1, -0.05) is 31.4 Å². The molecule has 0 aromatic carbocycles. The van der Waals surface area contributed by atoms with Gasteiger partial charge in [0, 0.05) is 18.0 Å². The molecule has 20 heavy (non-hydrogen) atoms. The SMILES string of the molecule is CCCNC1CCCCC(c2c(Cl)cnn2C(C)C)C1. The standard InChI is InChI=1S/C16H28ClN3/c1-4-9-18-14-8-6-5-7-13(10-14)16-15(17)11-19-20(16)12(2)3/h11-14,18H,4-10H2,1-3H3. The number of nitrogens with zero attached hydrogens (tertiary/aromatic N) is 2. The second kappa shape index (κ2) is 7.46. The van der Waals surface area contributed by atoms with Gasteiger partial charge in [-0.3, -0.25) is 4.68 Å². The Morgan fingerprint density at radius 1 is 1.40 bits per heavy atom. The fraction of sp³-hybridized carbons (Fsp3) is 0.812. The first-order valence-electron chi connectivity index (χ1n) is 8.09. The van der Waals surface area contributed by atoms with E-state index in [9.17, 15) is 0 Å². The molecule has 0 spiro atoms. The van der Waals surface area contributed by atoms with Crippen molar-refractivity contribution in [3.05, 3.63) is 16.9 Å². The fourth-order valence-corrected chi connectivity index (χ4v) is 3.57. The van der Waals surface area contributed by atoms with E-state index in [4.69, 9.17) is 11.6 Å². The molecule has 0 radical (unpaired) electrons. The lowest BCUT2D eigenvalue weighted by atomic mass is 9.94. The third-order valence-corrected chi connectivity index (χ3v) is 4.56. The van der Waals surface area contributed by atoms with Crippen LogP contribution in [0.2, 0.25) is 5.02 Å². The summed E-state index contributed by atoms with van der Waals surface area (Å²) >= 11 is 6.42. The summed E-state index contributed by atoms with van der Waals surface area (Å²) in [7, 11) is 0. The predicted molar refractivity (Wildman–Crippen MR) is 85.5 cm³/mol. The Morgan fingerprint density at radius 2 is 2.15 bits per heavy atom. The van der Waals surface area contributed by atoms with Crippen molar-refractivity contribution in [1.29, 1.82) is 0 Å². The maximum Gasteiger partial charge on any atom is 0.0820 e. The summed E-state index contributed by atoms with van der Waals surface area (Å²) in [5, 5.41) is 9.02. The van der Waals surface area contributed by atoms with Gasteiger partial charge in [-0.2, -0.15) is 5.10 Å². The van der Waals surface area contributed by atoms with E-state index >= 15 is 0 Å². The monoisotopic (exact) mass is 297 g/mol. The molecule has 3 nitrogen and oxygen atoms in total. The van der Waals surface area contributed by atoms with Gasteiger partial charge in [-0.05, 0) is 46.1 Å². The van der Waals surface area contributed by atoms with Crippen LogP contribution in [0, 0.1) is 0 Å². The van der Waals surface area contributed by atoms with Crippen LogP contribution in [0.3, 0.4) is 0 Å². The van der Waals surface area contributed by atoms with E-state index in [1.807, 2.05) is 6.20 Å². The van der Waals surface area contributed by atoms with Gasteiger partial charge in [0.1, 0.15) is 0 Å². The molecule has 0 amide bonds. The lowest BCUT2D eigenvalue weighted by molar-refractivity contribution is 0.414. The lowest BCUT2D eigenvalue weighted by Crippen LogP contribution is -2.30. The van der Waals surface area contributed by atoms with Crippen molar-refractivity contribution < 1.29 is 0 Å². The number of hydrogen-bond acceptors (Lipinski definition) is 2. The van der Waals surface area contributed by atoms with Crippen LogP contribution in [-0.4, -0.2) is 22.4 Å².